The van der Waals surface area contributed by atoms with Crippen LogP contribution in [0.25, 0.3) is 28.6 Å². The van der Waals surface area contributed by atoms with Gasteiger partial charge in [-0.2, -0.15) is 0 Å². The molecule has 8 nitrogen and oxygen atoms in total. The topological polar surface area (TPSA) is 121 Å². The number of carboxylic acids is 1. The fraction of sp³-hybridized carbons (Fsp3) is 0.417. The smallest absolute Gasteiger partial charge is 0.330 e. The molecule has 1 saturated carbocycles. The molecule has 1 unspecified atom stereocenters. The molecule has 1 aliphatic rings. The van der Waals surface area contributed by atoms with Crippen molar-refractivity contribution >= 4 is 23.2 Å². The van der Waals surface area contributed by atoms with E-state index >= 15 is 0 Å². The summed E-state index contributed by atoms with van der Waals surface area (Å²) in [6, 6.07) is 7.18. The van der Waals surface area contributed by atoms with E-state index in [1.54, 1.807) is 28.8 Å². The molecule has 1 fully saturated rings. The molecule has 3 N–H and O–H groups in total. The molecule has 0 amide bonds. The monoisotopic (exact) mass is 436 g/mol. The van der Waals surface area contributed by atoms with E-state index in [4.69, 9.17) is 5.11 Å². The average Bonchev–Trinajstić information content (AvgIpc) is 3.24. The number of rotatable bonds is 7. The van der Waals surface area contributed by atoms with Gasteiger partial charge in [-0.1, -0.05) is 56.9 Å². The summed E-state index contributed by atoms with van der Waals surface area (Å²) in [5, 5.41) is 8.78. The highest BCUT2D eigenvalue weighted by molar-refractivity contribution is 5.85. The second kappa shape index (κ2) is 9.38. The van der Waals surface area contributed by atoms with Gasteiger partial charge in [-0.05, 0) is 36.8 Å². The van der Waals surface area contributed by atoms with Crippen molar-refractivity contribution in [3.05, 3.63) is 56.7 Å². The van der Waals surface area contributed by atoms with Gasteiger partial charge in [0.05, 0.1) is 0 Å². The summed E-state index contributed by atoms with van der Waals surface area (Å²) in [7, 11) is 0. The molecular weight excluding hydrogens is 408 g/mol. The number of aliphatic carboxylic acids is 1. The molecule has 0 saturated heterocycles. The van der Waals surface area contributed by atoms with Crippen LogP contribution < -0.4 is 11.2 Å². The van der Waals surface area contributed by atoms with Crippen LogP contribution in [-0.4, -0.2) is 30.6 Å². The van der Waals surface area contributed by atoms with Gasteiger partial charge in [-0.25, -0.2) is 14.6 Å². The lowest BCUT2D eigenvalue weighted by atomic mass is 9.82. The van der Waals surface area contributed by atoms with Crippen LogP contribution >= 0.6 is 0 Å². The van der Waals surface area contributed by atoms with Crippen LogP contribution in [0.3, 0.4) is 0 Å². The van der Waals surface area contributed by atoms with Crippen LogP contribution in [0.5, 0.6) is 0 Å². The summed E-state index contributed by atoms with van der Waals surface area (Å²) in [5.74, 6) is -0.114. The van der Waals surface area contributed by atoms with Gasteiger partial charge in [-0.15, -0.1) is 0 Å². The van der Waals surface area contributed by atoms with Gasteiger partial charge in [0.15, 0.2) is 5.65 Å². The summed E-state index contributed by atoms with van der Waals surface area (Å²) >= 11 is 0. The lowest BCUT2D eigenvalue weighted by Gasteiger charge is -2.31. The Morgan fingerprint density at radius 3 is 2.56 bits per heavy atom. The number of aromatic amines is 2. The van der Waals surface area contributed by atoms with Crippen LogP contribution in [0, 0.1) is 5.92 Å². The number of H-pyrrole nitrogens is 2. The van der Waals surface area contributed by atoms with E-state index in [1.165, 1.54) is 25.3 Å². The third kappa shape index (κ3) is 4.44. The summed E-state index contributed by atoms with van der Waals surface area (Å²) in [6.07, 6.45) is 10.1. The average molecular weight is 437 g/mol. The molecule has 1 aliphatic carbocycles. The van der Waals surface area contributed by atoms with E-state index in [0.29, 0.717) is 22.9 Å². The van der Waals surface area contributed by atoms with Crippen molar-refractivity contribution < 1.29 is 9.90 Å². The molecule has 1 atom stereocenters. The zero-order valence-corrected chi connectivity index (χ0v) is 18.1. The van der Waals surface area contributed by atoms with Crippen LogP contribution in [-0.2, 0) is 4.79 Å². The van der Waals surface area contributed by atoms with Gasteiger partial charge in [0.25, 0.3) is 5.56 Å². The summed E-state index contributed by atoms with van der Waals surface area (Å²) < 4.78 is 1.69. The first-order valence-corrected chi connectivity index (χ1v) is 11.2. The Balaban J connectivity index is 1.78. The highest BCUT2D eigenvalue weighted by atomic mass is 16.4. The van der Waals surface area contributed by atoms with E-state index in [2.05, 4.69) is 21.9 Å². The predicted molar refractivity (Wildman–Crippen MR) is 124 cm³/mol. The molecular formula is C24H28N4O4. The standard InChI is InChI=1S/C24H28N4O4/c1-2-6-18(16-7-4-3-5-8-16)28-22-20(23(31)27-24(28)32)25-21(26-22)17-12-9-15(10-13-17)11-14-19(29)30/h9-14,16,18H,2-8H2,1H3,(H,25,26)(H,29,30)(H,27,31,32). The molecule has 0 bridgehead atoms. The molecule has 168 valence electrons. The Labute approximate surface area is 185 Å². The van der Waals surface area contributed by atoms with E-state index in [-0.39, 0.29) is 6.04 Å². The number of aromatic nitrogens is 4. The number of carboxylic acid groups (broad SMARTS) is 1. The van der Waals surface area contributed by atoms with Crippen LogP contribution in [0.4, 0.5) is 0 Å². The van der Waals surface area contributed by atoms with E-state index in [1.807, 2.05) is 0 Å². The number of carbonyl (C=O) groups is 1. The van der Waals surface area contributed by atoms with Crippen molar-refractivity contribution in [1.29, 1.82) is 0 Å². The lowest BCUT2D eigenvalue weighted by Crippen LogP contribution is -2.36. The molecule has 8 heteroatoms. The Morgan fingerprint density at radius 2 is 1.91 bits per heavy atom. The zero-order chi connectivity index (χ0) is 22.7. The molecule has 0 radical (unpaired) electrons. The second-order valence-electron chi connectivity index (χ2n) is 8.46. The molecule has 0 aliphatic heterocycles. The van der Waals surface area contributed by atoms with Gasteiger partial charge in [0.1, 0.15) is 11.3 Å². The SMILES string of the molecule is CCCC(C1CCCCC1)n1c(=O)[nH]c(=O)c2[nH]c(-c3ccc(C=CC(=O)O)cc3)nc21. The van der Waals surface area contributed by atoms with Crippen LogP contribution in [0.15, 0.2) is 39.9 Å². The van der Waals surface area contributed by atoms with Gasteiger partial charge in [0.2, 0.25) is 0 Å². The maximum Gasteiger partial charge on any atom is 0.330 e. The fourth-order valence-corrected chi connectivity index (χ4v) is 4.77. The minimum Gasteiger partial charge on any atom is -0.478 e. The van der Waals surface area contributed by atoms with Crippen LogP contribution in [0.1, 0.15) is 63.5 Å². The quantitative estimate of drug-likeness (QED) is 0.482. The maximum atomic E-state index is 12.9. The first-order chi connectivity index (χ1) is 15.5. The number of fused-ring (bicyclic) bond motifs is 1. The van der Waals surface area contributed by atoms with Gasteiger partial charge in [0, 0.05) is 17.7 Å². The van der Waals surface area contributed by atoms with Gasteiger partial charge < -0.3 is 10.1 Å². The van der Waals surface area contributed by atoms with Crippen molar-refractivity contribution in [2.24, 2.45) is 5.92 Å². The first kappa shape index (κ1) is 21.8. The Kier molecular flexibility index (Phi) is 6.39. The first-order valence-electron chi connectivity index (χ1n) is 11.2. The third-order valence-corrected chi connectivity index (χ3v) is 6.29. The van der Waals surface area contributed by atoms with Gasteiger partial charge >= 0.3 is 11.7 Å². The number of imidazole rings is 1. The number of benzene rings is 1. The molecule has 1 aromatic carbocycles. The van der Waals surface area contributed by atoms with E-state index in [9.17, 15) is 14.4 Å². The van der Waals surface area contributed by atoms with Crippen molar-refractivity contribution in [1.82, 2.24) is 19.5 Å². The number of hydrogen-bond donors (Lipinski definition) is 3. The Bertz CT molecular complexity index is 1240. The predicted octanol–water partition coefficient (Wildman–Crippen LogP) is 4.10. The second-order valence-corrected chi connectivity index (χ2v) is 8.46. The minimum atomic E-state index is -1.01. The van der Waals surface area contributed by atoms with Crippen molar-refractivity contribution in [3.8, 4) is 11.4 Å². The third-order valence-electron chi connectivity index (χ3n) is 6.29. The lowest BCUT2D eigenvalue weighted by molar-refractivity contribution is -0.131. The van der Waals surface area contributed by atoms with E-state index < -0.39 is 17.2 Å². The summed E-state index contributed by atoms with van der Waals surface area (Å²) in [6.45, 7) is 2.11. The van der Waals surface area contributed by atoms with E-state index in [0.717, 1.165) is 42.9 Å². The number of nitrogens with zero attached hydrogens (tertiary/aromatic N) is 2. The molecule has 2 aromatic heterocycles. The highest BCUT2D eigenvalue weighted by Gasteiger charge is 2.28. The van der Waals surface area contributed by atoms with Crippen LogP contribution in [0.2, 0.25) is 0 Å². The Hall–Kier alpha value is -3.42. The largest absolute Gasteiger partial charge is 0.478 e. The summed E-state index contributed by atoms with van der Waals surface area (Å²) in [5.41, 5.74) is 1.30. The number of hydrogen-bond acceptors (Lipinski definition) is 4. The fourth-order valence-electron chi connectivity index (χ4n) is 4.77. The molecule has 32 heavy (non-hydrogen) atoms. The minimum absolute atomic E-state index is 0.00633. The Morgan fingerprint density at radius 1 is 1.19 bits per heavy atom. The zero-order valence-electron chi connectivity index (χ0n) is 18.1. The molecule has 4 rings (SSSR count). The van der Waals surface area contributed by atoms with Crippen molar-refractivity contribution in [3.63, 3.8) is 0 Å². The van der Waals surface area contributed by atoms with Crippen molar-refractivity contribution in [2.45, 2.75) is 57.9 Å². The maximum absolute atomic E-state index is 12.9. The number of nitrogens with one attached hydrogen (secondary N) is 2. The molecule has 0 spiro atoms. The molecule has 3 aromatic rings. The van der Waals surface area contributed by atoms with Crippen molar-refractivity contribution in [2.75, 3.05) is 0 Å². The normalized spacial score (nSPS) is 16.0. The van der Waals surface area contributed by atoms with Gasteiger partial charge in [-0.3, -0.25) is 14.3 Å². The summed E-state index contributed by atoms with van der Waals surface area (Å²) in [4.78, 5) is 46.4. The molecule has 2 heterocycles. The highest BCUT2D eigenvalue weighted by Crippen LogP contribution is 2.36.